The fourth-order valence-electron chi connectivity index (χ4n) is 3.25. The van der Waals surface area contributed by atoms with Crippen molar-refractivity contribution in [2.45, 2.75) is 11.8 Å². The molecule has 0 N–H and O–H groups in total. The number of halogens is 2. The first-order valence-electron chi connectivity index (χ1n) is 9.13. The minimum absolute atomic E-state index is 0.0788. The molecule has 1 aromatic heterocycles. The lowest BCUT2D eigenvalue weighted by Crippen LogP contribution is -2.24. The molecule has 0 amide bonds. The Morgan fingerprint density at radius 1 is 0.900 bits per heavy atom. The molecule has 5 nitrogen and oxygen atoms in total. The highest BCUT2D eigenvalue weighted by Gasteiger charge is 2.19. The quantitative estimate of drug-likeness (QED) is 0.492. The Labute approximate surface area is 171 Å². The van der Waals surface area contributed by atoms with Crippen LogP contribution in [0.3, 0.4) is 0 Å². The van der Waals surface area contributed by atoms with E-state index >= 15 is 0 Å². The largest absolute Gasteiger partial charge is 0.279 e. The number of fused-ring (bicyclic) bond motifs is 1. The molecular formula is C22H16F2N2O3S. The van der Waals surface area contributed by atoms with Crippen LogP contribution in [-0.2, 0) is 9.84 Å². The van der Waals surface area contributed by atoms with Crippen LogP contribution in [0.15, 0.2) is 76.4 Å². The van der Waals surface area contributed by atoms with Gasteiger partial charge in [-0.05, 0) is 30.3 Å². The maximum Gasteiger partial charge on any atom is 0.279 e. The molecule has 0 unspecified atom stereocenters. The molecule has 0 radical (unpaired) electrons. The van der Waals surface area contributed by atoms with Crippen molar-refractivity contribution in [2.24, 2.45) is 0 Å². The van der Waals surface area contributed by atoms with Crippen molar-refractivity contribution in [1.29, 1.82) is 0 Å². The van der Waals surface area contributed by atoms with Crippen molar-refractivity contribution >= 4 is 20.6 Å². The first-order chi connectivity index (χ1) is 14.3. The summed E-state index contributed by atoms with van der Waals surface area (Å²) in [4.78, 5) is 13.1. The van der Waals surface area contributed by atoms with Gasteiger partial charge in [-0.2, -0.15) is 9.78 Å². The van der Waals surface area contributed by atoms with Gasteiger partial charge in [0.25, 0.3) is 5.56 Å². The summed E-state index contributed by atoms with van der Waals surface area (Å²) in [5.74, 6) is -1.95. The predicted octanol–water partition coefficient (Wildman–Crippen LogP) is 4.12. The number of aromatic nitrogens is 2. The highest BCUT2D eigenvalue weighted by Crippen LogP contribution is 2.28. The van der Waals surface area contributed by atoms with Crippen LogP contribution in [0, 0.1) is 11.6 Å². The highest BCUT2D eigenvalue weighted by atomic mass is 32.2. The van der Waals surface area contributed by atoms with Gasteiger partial charge in [-0.3, -0.25) is 4.79 Å². The van der Waals surface area contributed by atoms with Gasteiger partial charge in [-0.1, -0.05) is 43.3 Å². The third kappa shape index (κ3) is 3.29. The lowest BCUT2D eigenvalue weighted by molar-refractivity contribution is 0.556. The Bertz CT molecular complexity index is 1430. The molecule has 0 saturated carbocycles. The Morgan fingerprint density at radius 3 is 2.20 bits per heavy atom. The molecular weight excluding hydrogens is 410 g/mol. The number of para-hydroxylation sites is 1. The van der Waals surface area contributed by atoms with Crippen LogP contribution in [0.1, 0.15) is 6.92 Å². The second kappa shape index (κ2) is 7.46. The maximum absolute atomic E-state index is 14.4. The van der Waals surface area contributed by atoms with E-state index in [1.165, 1.54) is 31.2 Å². The van der Waals surface area contributed by atoms with Gasteiger partial charge in [0, 0.05) is 10.9 Å². The first-order valence-corrected chi connectivity index (χ1v) is 10.8. The lowest BCUT2D eigenvalue weighted by atomic mass is 10.1. The second-order valence-electron chi connectivity index (χ2n) is 6.61. The number of nitrogens with zero attached hydrogens (tertiary/aromatic N) is 2. The van der Waals surface area contributed by atoms with Crippen LogP contribution < -0.4 is 5.56 Å². The molecule has 0 bridgehead atoms. The van der Waals surface area contributed by atoms with E-state index in [1.54, 1.807) is 30.3 Å². The second-order valence-corrected chi connectivity index (χ2v) is 8.89. The summed E-state index contributed by atoms with van der Waals surface area (Å²) in [6.07, 6.45) is 0. The van der Waals surface area contributed by atoms with Gasteiger partial charge in [-0.15, -0.1) is 0 Å². The molecule has 0 aliphatic carbocycles. The van der Waals surface area contributed by atoms with Crippen LogP contribution in [-0.4, -0.2) is 24.0 Å². The van der Waals surface area contributed by atoms with E-state index in [0.29, 0.717) is 15.6 Å². The zero-order valence-corrected chi connectivity index (χ0v) is 16.7. The summed E-state index contributed by atoms with van der Waals surface area (Å²) in [6.45, 7) is 1.54. The van der Waals surface area contributed by atoms with E-state index in [2.05, 4.69) is 5.10 Å². The van der Waals surface area contributed by atoms with Crippen molar-refractivity contribution in [1.82, 2.24) is 9.78 Å². The number of hydrogen-bond acceptors (Lipinski definition) is 4. The molecule has 0 atom stereocenters. The minimum Gasteiger partial charge on any atom is -0.267 e. The SMILES string of the molecule is CCS(=O)(=O)c1cccc(-c2nn(-c3c(F)cccc3F)c(=O)c3ccccc23)c1. The van der Waals surface area contributed by atoms with Gasteiger partial charge in [-0.25, -0.2) is 17.2 Å². The average molecular weight is 426 g/mol. The van der Waals surface area contributed by atoms with Crippen molar-refractivity contribution in [2.75, 3.05) is 5.75 Å². The van der Waals surface area contributed by atoms with E-state index in [4.69, 9.17) is 0 Å². The summed E-state index contributed by atoms with van der Waals surface area (Å²) < 4.78 is 54.1. The molecule has 4 rings (SSSR count). The number of hydrogen-bond donors (Lipinski definition) is 0. The molecule has 1 heterocycles. The molecule has 0 saturated heterocycles. The van der Waals surface area contributed by atoms with Crippen LogP contribution in [0.5, 0.6) is 0 Å². The van der Waals surface area contributed by atoms with Gasteiger partial charge in [0.05, 0.1) is 21.7 Å². The van der Waals surface area contributed by atoms with Crippen molar-refractivity contribution in [3.05, 3.63) is 88.7 Å². The third-order valence-electron chi connectivity index (χ3n) is 4.80. The van der Waals surface area contributed by atoms with Crippen molar-refractivity contribution in [3.63, 3.8) is 0 Å². The molecule has 0 aliphatic rings. The van der Waals surface area contributed by atoms with E-state index in [-0.39, 0.29) is 21.7 Å². The number of benzene rings is 3. The Hall–Kier alpha value is -3.39. The van der Waals surface area contributed by atoms with E-state index < -0.39 is 32.7 Å². The van der Waals surface area contributed by atoms with Crippen LogP contribution in [0.25, 0.3) is 27.7 Å². The van der Waals surface area contributed by atoms with Crippen LogP contribution in [0.4, 0.5) is 8.78 Å². The van der Waals surface area contributed by atoms with Gasteiger partial charge in [0.2, 0.25) is 0 Å². The van der Waals surface area contributed by atoms with E-state index in [1.807, 2.05) is 0 Å². The lowest BCUT2D eigenvalue weighted by Gasteiger charge is -2.13. The topological polar surface area (TPSA) is 69.0 Å². The summed E-state index contributed by atoms with van der Waals surface area (Å²) >= 11 is 0. The Morgan fingerprint density at radius 2 is 1.53 bits per heavy atom. The maximum atomic E-state index is 14.4. The zero-order chi connectivity index (χ0) is 21.5. The first kappa shape index (κ1) is 19.9. The fourth-order valence-corrected chi connectivity index (χ4v) is 4.17. The Balaban J connectivity index is 2.09. The summed E-state index contributed by atoms with van der Waals surface area (Å²) in [7, 11) is -3.48. The smallest absolute Gasteiger partial charge is 0.267 e. The molecule has 3 aromatic carbocycles. The molecule has 4 aromatic rings. The third-order valence-corrected chi connectivity index (χ3v) is 6.53. The molecule has 0 fully saturated rings. The minimum atomic E-state index is -3.48. The van der Waals surface area contributed by atoms with E-state index in [0.717, 1.165) is 12.1 Å². The normalized spacial score (nSPS) is 11.7. The predicted molar refractivity (Wildman–Crippen MR) is 110 cm³/mol. The summed E-state index contributed by atoms with van der Waals surface area (Å²) in [5, 5.41) is 4.89. The fraction of sp³-hybridized carbons (Fsp3) is 0.0909. The molecule has 8 heteroatoms. The van der Waals surface area contributed by atoms with Crippen LogP contribution in [0.2, 0.25) is 0 Å². The number of sulfone groups is 1. The zero-order valence-electron chi connectivity index (χ0n) is 15.8. The standard InChI is InChI=1S/C22H16F2N2O3S/c1-2-30(28,29)15-8-5-7-14(13-15)20-16-9-3-4-10-17(16)22(27)26(25-20)21-18(23)11-6-12-19(21)24/h3-13H,2H2,1H3. The summed E-state index contributed by atoms with van der Waals surface area (Å²) in [5.41, 5.74) is -0.630. The average Bonchev–Trinajstić information content (AvgIpc) is 2.75. The van der Waals surface area contributed by atoms with Gasteiger partial charge < -0.3 is 0 Å². The van der Waals surface area contributed by atoms with Crippen molar-refractivity contribution < 1.29 is 17.2 Å². The molecule has 30 heavy (non-hydrogen) atoms. The number of rotatable bonds is 4. The highest BCUT2D eigenvalue weighted by molar-refractivity contribution is 7.91. The van der Waals surface area contributed by atoms with Gasteiger partial charge in [0.1, 0.15) is 5.69 Å². The molecule has 0 spiro atoms. The van der Waals surface area contributed by atoms with Crippen LogP contribution >= 0.6 is 0 Å². The van der Waals surface area contributed by atoms with Crippen molar-refractivity contribution in [3.8, 4) is 16.9 Å². The van der Waals surface area contributed by atoms with E-state index in [9.17, 15) is 22.0 Å². The van der Waals surface area contributed by atoms with Gasteiger partial charge in [0.15, 0.2) is 21.5 Å². The Kier molecular flexibility index (Phi) is 4.95. The monoisotopic (exact) mass is 426 g/mol. The summed E-state index contributed by atoms with van der Waals surface area (Å²) in [6, 6.07) is 15.9. The molecule has 0 aliphatic heterocycles. The van der Waals surface area contributed by atoms with Gasteiger partial charge >= 0.3 is 0 Å². The molecule has 152 valence electrons.